The number of sulfone groups is 1. The summed E-state index contributed by atoms with van der Waals surface area (Å²) in [5.41, 5.74) is 15.1. The van der Waals surface area contributed by atoms with Crippen LogP contribution in [0.5, 0.6) is 0 Å². The number of nitrogens with two attached hydrogens (primary N) is 2. The quantitative estimate of drug-likeness (QED) is 0.683. The summed E-state index contributed by atoms with van der Waals surface area (Å²) in [5.74, 6) is -0.261. The minimum Gasteiger partial charge on any atom is -0.364 e. The van der Waals surface area contributed by atoms with Crippen LogP contribution < -0.4 is 16.8 Å². The van der Waals surface area contributed by atoms with Crippen molar-refractivity contribution >= 4 is 33.2 Å². The van der Waals surface area contributed by atoms with Crippen molar-refractivity contribution in [2.45, 2.75) is 24.9 Å². The van der Waals surface area contributed by atoms with Crippen LogP contribution in [0.3, 0.4) is 0 Å². The van der Waals surface area contributed by atoms with E-state index in [4.69, 9.17) is 11.5 Å². The first kappa shape index (κ1) is 18.6. The van der Waals surface area contributed by atoms with E-state index in [2.05, 4.69) is 15.3 Å². The van der Waals surface area contributed by atoms with Crippen molar-refractivity contribution in [2.75, 3.05) is 16.8 Å². The fourth-order valence-electron chi connectivity index (χ4n) is 3.63. The molecule has 8 nitrogen and oxygen atoms in total. The Morgan fingerprint density at radius 2 is 2.04 bits per heavy atom. The molecule has 2 aliphatic rings. The van der Waals surface area contributed by atoms with E-state index in [1.54, 1.807) is 0 Å². The number of anilines is 1. The number of fused-ring (bicyclic) bond motifs is 1. The number of hydrogen-bond donors (Lipinski definition) is 3. The number of hydrogen-bond acceptors (Lipinski definition) is 7. The molecule has 2 heterocycles. The molecule has 0 radical (unpaired) electrons. The van der Waals surface area contributed by atoms with E-state index in [0.717, 1.165) is 16.7 Å². The van der Waals surface area contributed by atoms with Crippen LogP contribution in [0.1, 0.15) is 33.7 Å². The zero-order valence-corrected chi connectivity index (χ0v) is 15.9. The predicted octanol–water partition coefficient (Wildman–Crippen LogP) is 0.599. The third-order valence-corrected chi connectivity index (χ3v) is 6.85. The summed E-state index contributed by atoms with van der Waals surface area (Å²) in [6.07, 6.45) is 4.36. The van der Waals surface area contributed by atoms with Gasteiger partial charge in [-0.3, -0.25) is 4.79 Å². The second kappa shape index (κ2) is 6.99. The highest BCUT2D eigenvalue weighted by Crippen LogP contribution is 2.32. The van der Waals surface area contributed by atoms with Gasteiger partial charge in [-0.15, -0.1) is 0 Å². The SMILES string of the molecule is NC(=O)c1ncc(NC2CS(=O)(=O)CC[C@@H]2N)nc1C1=Cc2ccccc2C1. The maximum absolute atomic E-state index is 11.9. The average molecular weight is 399 g/mol. The normalized spacial score (nSPS) is 23.0. The first-order chi connectivity index (χ1) is 13.3. The molecule has 1 aromatic carbocycles. The van der Waals surface area contributed by atoms with Crippen LogP contribution >= 0.6 is 0 Å². The van der Waals surface area contributed by atoms with E-state index in [1.807, 2.05) is 30.3 Å². The van der Waals surface area contributed by atoms with Gasteiger partial charge in [0.15, 0.2) is 15.5 Å². The molecule has 28 heavy (non-hydrogen) atoms. The van der Waals surface area contributed by atoms with Crippen molar-refractivity contribution in [3.05, 3.63) is 53.0 Å². The van der Waals surface area contributed by atoms with Gasteiger partial charge in [-0.2, -0.15) is 0 Å². The number of aromatic nitrogens is 2. The molecule has 0 spiro atoms. The average Bonchev–Trinajstić information content (AvgIpc) is 3.08. The van der Waals surface area contributed by atoms with Crippen molar-refractivity contribution in [2.24, 2.45) is 11.5 Å². The first-order valence-corrected chi connectivity index (χ1v) is 10.8. The highest BCUT2D eigenvalue weighted by atomic mass is 32.2. The van der Waals surface area contributed by atoms with Crippen LogP contribution in [0.2, 0.25) is 0 Å². The van der Waals surface area contributed by atoms with E-state index < -0.39 is 21.8 Å². The summed E-state index contributed by atoms with van der Waals surface area (Å²) < 4.78 is 23.9. The van der Waals surface area contributed by atoms with Gasteiger partial charge in [0.1, 0.15) is 11.5 Å². The molecule has 2 aromatic rings. The Hall–Kier alpha value is -2.78. The van der Waals surface area contributed by atoms with Gasteiger partial charge in [0.25, 0.3) is 5.91 Å². The zero-order valence-electron chi connectivity index (χ0n) is 15.1. The molecule has 0 saturated carbocycles. The molecule has 1 aromatic heterocycles. The maximum atomic E-state index is 11.9. The standard InChI is InChI=1S/C19H21N5O3S/c20-14-5-6-28(26,27)10-15(14)23-16-9-22-18(19(21)25)17(24-16)13-7-11-3-1-2-4-12(11)8-13/h1-4,7,9,14-15H,5-6,8,10,20H2,(H2,21,25)(H,23,24)/t14-,15?/m0/s1. The van der Waals surface area contributed by atoms with Crippen molar-refractivity contribution in [1.82, 2.24) is 9.97 Å². The van der Waals surface area contributed by atoms with E-state index in [-0.39, 0.29) is 23.2 Å². The van der Waals surface area contributed by atoms with E-state index in [1.165, 1.54) is 6.20 Å². The molecule has 1 unspecified atom stereocenters. The van der Waals surface area contributed by atoms with Gasteiger partial charge in [-0.05, 0) is 29.2 Å². The summed E-state index contributed by atoms with van der Waals surface area (Å²) in [5, 5.41) is 3.08. The minimum atomic E-state index is -3.14. The topological polar surface area (TPSA) is 141 Å². The number of primary amides is 1. The minimum absolute atomic E-state index is 0.0586. The molecular formula is C19H21N5O3S. The number of carbonyl (C=O) groups is 1. The van der Waals surface area contributed by atoms with Gasteiger partial charge < -0.3 is 16.8 Å². The summed E-state index contributed by atoms with van der Waals surface area (Å²) in [7, 11) is -3.14. The van der Waals surface area contributed by atoms with Crippen LogP contribution in [0.25, 0.3) is 11.6 Å². The molecule has 2 atom stereocenters. The Kier molecular flexibility index (Phi) is 4.64. The summed E-state index contributed by atoms with van der Waals surface area (Å²) in [6, 6.07) is 7.15. The fourth-order valence-corrected chi connectivity index (χ4v) is 5.31. The highest BCUT2D eigenvalue weighted by molar-refractivity contribution is 7.91. The zero-order chi connectivity index (χ0) is 19.9. The summed E-state index contributed by atoms with van der Waals surface area (Å²) in [4.78, 5) is 20.6. The molecule has 9 heteroatoms. The number of allylic oxidation sites excluding steroid dienone is 1. The fraction of sp³-hybridized carbons (Fsp3) is 0.316. The Morgan fingerprint density at radius 1 is 1.25 bits per heavy atom. The number of carbonyl (C=O) groups excluding carboxylic acids is 1. The van der Waals surface area contributed by atoms with Crippen LogP contribution in [0.15, 0.2) is 30.5 Å². The number of nitrogens with one attached hydrogen (secondary N) is 1. The van der Waals surface area contributed by atoms with Crippen molar-refractivity contribution in [3.63, 3.8) is 0 Å². The van der Waals surface area contributed by atoms with Crippen LogP contribution in [0.4, 0.5) is 5.82 Å². The molecule has 5 N–H and O–H groups in total. The van der Waals surface area contributed by atoms with Crippen LogP contribution in [-0.4, -0.2) is 47.9 Å². The van der Waals surface area contributed by atoms with Gasteiger partial charge in [-0.25, -0.2) is 18.4 Å². The Bertz CT molecular complexity index is 1080. The summed E-state index contributed by atoms with van der Waals surface area (Å²) in [6.45, 7) is 0. The van der Waals surface area contributed by atoms with Crippen molar-refractivity contribution in [1.29, 1.82) is 0 Å². The van der Waals surface area contributed by atoms with Crippen LogP contribution in [0, 0.1) is 0 Å². The first-order valence-electron chi connectivity index (χ1n) is 9.00. The van der Waals surface area contributed by atoms with Gasteiger partial charge in [0, 0.05) is 12.5 Å². The number of nitrogens with zero attached hydrogens (tertiary/aromatic N) is 2. The Morgan fingerprint density at radius 3 is 2.79 bits per heavy atom. The molecule has 1 amide bonds. The lowest BCUT2D eigenvalue weighted by molar-refractivity contribution is 0.0995. The number of benzene rings is 1. The molecule has 1 saturated heterocycles. The lowest BCUT2D eigenvalue weighted by Crippen LogP contribution is -2.50. The third-order valence-electron chi connectivity index (χ3n) is 5.12. The summed E-state index contributed by atoms with van der Waals surface area (Å²) >= 11 is 0. The molecule has 1 aliphatic carbocycles. The van der Waals surface area contributed by atoms with Gasteiger partial charge in [0.2, 0.25) is 0 Å². The Balaban J connectivity index is 1.66. The maximum Gasteiger partial charge on any atom is 0.269 e. The smallest absolute Gasteiger partial charge is 0.269 e. The monoisotopic (exact) mass is 399 g/mol. The van der Waals surface area contributed by atoms with E-state index in [9.17, 15) is 13.2 Å². The lowest BCUT2D eigenvalue weighted by Gasteiger charge is -2.29. The molecular weight excluding hydrogens is 378 g/mol. The van der Waals surface area contributed by atoms with Crippen molar-refractivity contribution in [3.8, 4) is 0 Å². The largest absolute Gasteiger partial charge is 0.364 e. The molecule has 4 rings (SSSR count). The van der Waals surface area contributed by atoms with Gasteiger partial charge >= 0.3 is 0 Å². The molecule has 146 valence electrons. The predicted molar refractivity (Wildman–Crippen MR) is 107 cm³/mol. The lowest BCUT2D eigenvalue weighted by atomic mass is 10.1. The van der Waals surface area contributed by atoms with Crippen molar-refractivity contribution < 1.29 is 13.2 Å². The second-order valence-electron chi connectivity index (χ2n) is 7.18. The molecule has 1 aliphatic heterocycles. The van der Waals surface area contributed by atoms with Crippen LogP contribution in [-0.2, 0) is 16.3 Å². The molecule has 1 fully saturated rings. The Labute approximate surface area is 163 Å². The van der Waals surface area contributed by atoms with E-state index in [0.29, 0.717) is 24.4 Å². The van der Waals surface area contributed by atoms with E-state index >= 15 is 0 Å². The van der Waals surface area contributed by atoms with Gasteiger partial charge in [0.05, 0.1) is 23.7 Å². The number of rotatable bonds is 4. The van der Waals surface area contributed by atoms with Gasteiger partial charge in [-0.1, -0.05) is 24.3 Å². The number of amides is 1. The third kappa shape index (κ3) is 3.63. The highest BCUT2D eigenvalue weighted by Gasteiger charge is 2.31. The second-order valence-corrected chi connectivity index (χ2v) is 9.41. The molecule has 0 bridgehead atoms.